The number of nitro groups is 1. The van der Waals surface area contributed by atoms with E-state index < -0.39 is 4.92 Å². The van der Waals surface area contributed by atoms with Crippen molar-refractivity contribution in [1.29, 1.82) is 0 Å². The second kappa shape index (κ2) is 6.00. The van der Waals surface area contributed by atoms with Crippen LogP contribution in [0.4, 0.5) is 11.4 Å². The number of carbonyl (C=O) groups excluding carboxylic acids is 1. The minimum atomic E-state index is -0.425. The zero-order valence-electron chi connectivity index (χ0n) is 11.7. The van der Waals surface area contributed by atoms with Crippen LogP contribution in [0, 0.1) is 23.0 Å². The summed E-state index contributed by atoms with van der Waals surface area (Å²) in [6, 6.07) is 4.42. The largest absolute Gasteiger partial charge is 0.325 e. The number of amides is 1. The highest BCUT2D eigenvalue weighted by atomic mass is 16.6. The third kappa shape index (κ3) is 3.14. The van der Waals surface area contributed by atoms with Crippen molar-refractivity contribution in [1.82, 2.24) is 5.32 Å². The Morgan fingerprint density at radius 1 is 1.50 bits per heavy atom. The number of carbonyl (C=O) groups is 1. The van der Waals surface area contributed by atoms with Crippen LogP contribution >= 0.6 is 0 Å². The summed E-state index contributed by atoms with van der Waals surface area (Å²) in [5.41, 5.74) is 1.20. The maximum Gasteiger partial charge on any atom is 0.272 e. The molecule has 0 radical (unpaired) electrons. The van der Waals surface area contributed by atoms with Crippen LogP contribution in [0.2, 0.25) is 0 Å². The minimum Gasteiger partial charge on any atom is -0.325 e. The molecular weight excluding hydrogens is 258 g/mol. The van der Waals surface area contributed by atoms with E-state index in [9.17, 15) is 14.9 Å². The van der Waals surface area contributed by atoms with E-state index in [1.165, 1.54) is 6.07 Å². The van der Waals surface area contributed by atoms with Gasteiger partial charge >= 0.3 is 0 Å². The van der Waals surface area contributed by atoms with Crippen LogP contribution < -0.4 is 10.6 Å². The number of rotatable bonds is 3. The topological polar surface area (TPSA) is 84.3 Å². The van der Waals surface area contributed by atoms with Crippen molar-refractivity contribution in [2.75, 3.05) is 11.9 Å². The van der Waals surface area contributed by atoms with Gasteiger partial charge in [0.15, 0.2) is 0 Å². The van der Waals surface area contributed by atoms with E-state index >= 15 is 0 Å². The molecule has 6 nitrogen and oxygen atoms in total. The standard InChI is InChI=1S/C14H19N3O3/c1-9-4-3-7-15-13(9)14(18)16-11-5-6-12(17(19)20)10(2)8-11/h5-6,8-9,13,15H,3-4,7H2,1-2H3,(H,16,18). The molecule has 1 aliphatic heterocycles. The van der Waals surface area contributed by atoms with Gasteiger partial charge in [0, 0.05) is 17.3 Å². The molecule has 20 heavy (non-hydrogen) atoms. The van der Waals surface area contributed by atoms with E-state index in [0.29, 0.717) is 17.2 Å². The summed E-state index contributed by atoms with van der Waals surface area (Å²) in [7, 11) is 0. The van der Waals surface area contributed by atoms with Crippen LogP contribution in [0.3, 0.4) is 0 Å². The Hall–Kier alpha value is -1.95. The summed E-state index contributed by atoms with van der Waals surface area (Å²) < 4.78 is 0. The number of nitrogens with zero attached hydrogens (tertiary/aromatic N) is 1. The van der Waals surface area contributed by atoms with Gasteiger partial charge in [-0.1, -0.05) is 6.92 Å². The molecule has 6 heteroatoms. The van der Waals surface area contributed by atoms with Crippen LogP contribution in [-0.2, 0) is 4.79 Å². The number of nitrogens with one attached hydrogen (secondary N) is 2. The minimum absolute atomic E-state index is 0.0622. The highest BCUT2D eigenvalue weighted by Crippen LogP contribution is 2.23. The molecular formula is C14H19N3O3. The molecule has 0 saturated carbocycles. The molecule has 0 aromatic heterocycles. The summed E-state index contributed by atoms with van der Waals surface area (Å²) >= 11 is 0. The second-order valence-corrected chi connectivity index (χ2v) is 5.30. The number of anilines is 1. The SMILES string of the molecule is Cc1cc(NC(=O)C2NCCCC2C)ccc1[N+](=O)[O-]. The van der Waals surface area contributed by atoms with Gasteiger partial charge < -0.3 is 10.6 Å². The normalized spacial score (nSPS) is 22.3. The van der Waals surface area contributed by atoms with Gasteiger partial charge in [-0.15, -0.1) is 0 Å². The molecule has 1 fully saturated rings. The summed E-state index contributed by atoms with van der Waals surface area (Å²) in [5.74, 6) is 0.216. The Morgan fingerprint density at radius 2 is 2.25 bits per heavy atom. The number of nitro benzene ring substituents is 1. The van der Waals surface area contributed by atoms with Crippen LogP contribution in [0.15, 0.2) is 18.2 Å². The first kappa shape index (κ1) is 14.5. The third-order valence-electron chi connectivity index (χ3n) is 3.71. The first-order valence-electron chi connectivity index (χ1n) is 6.78. The molecule has 2 unspecified atom stereocenters. The van der Waals surface area contributed by atoms with Gasteiger partial charge in [-0.05, 0) is 44.4 Å². The number of hydrogen-bond acceptors (Lipinski definition) is 4. The molecule has 1 aromatic rings. The number of benzene rings is 1. The van der Waals surface area contributed by atoms with Crippen molar-refractivity contribution in [3.63, 3.8) is 0 Å². The van der Waals surface area contributed by atoms with E-state index in [0.717, 1.165) is 19.4 Å². The fraction of sp³-hybridized carbons (Fsp3) is 0.500. The lowest BCUT2D eigenvalue weighted by Gasteiger charge is -2.28. The fourth-order valence-electron chi connectivity index (χ4n) is 2.56. The molecule has 108 valence electrons. The van der Waals surface area contributed by atoms with Gasteiger partial charge in [0.1, 0.15) is 0 Å². The molecule has 1 amide bonds. The first-order chi connectivity index (χ1) is 9.49. The molecule has 2 atom stereocenters. The van der Waals surface area contributed by atoms with Gasteiger partial charge in [-0.3, -0.25) is 14.9 Å². The monoisotopic (exact) mass is 277 g/mol. The number of aryl methyl sites for hydroxylation is 1. The smallest absolute Gasteiger partial charge is 0.272 e. The van der Waals surface area contributed by atoms with Gasteiger partial charge in [0.25, 0.3) is 5.69 Å². The maximum atomic E-state index is 12.2. The van der Waals surface area contributed by atoms with E-state index in [1.807, 2.05) is 0 Å². The van der Waals surface area contributed by atoms with Crippen LogP contribution in [0.5, 0.6) is 0 Å². The Kier molecular flexibility index (Phi) is 4.34. The highest BCUT2D eigenvalue weighted by molar-refractivity contribution is 5.95. The summed E-state index contributed by atoms with van der Waals surface area (Å²) in [4.78, 5) is 22.5. The van der Waals surface area contributed by atoms with Crippen LogP contribution in [0.25, 0.3) is 0 Å². The van der Waals surface area contributed by atoms with Crippen molar-refractivity contribution in [2.45, 2.75) is 32.7 Å². The predicted molar refractivity (Wildman–Crippen MR) is 76.7 cm³/mol. The van der Waals surface area contributed by atoms with E-state index in [2.05, 4.69) is 17.6 Å². The molecule has 2 rings (SSSR count). The predicted octanol–water partition coefficient (Wildman–Crippen LogP) is 2.23. The van der Waals surface area contributed by atoms with E-state index in [4.69, 9.17) is 0 Å². The third-order valence-corrected chi connectivity index (χ3v) is 3.71. The molecule has 1 saturated heterocycles. The quantitative estimate of drug-likeness (QED) is 0.655. The average Bonchev–Trinajstić information content (AvgIpc) is 2.38. The van der Waals surface area contributed by atoms with Crippen molar-refractivity contribution in [3.8, 4) is 0 Å². The zero-order valence-corrected chi connectivity index (χ0v) is 11.7. The van der Waals surface area contributed by atoms with Crippen LogP contribution in [0.1, 0.15) is 25.3 Å². The molecule has 1 aliphatic rings. The molecule has 0 spiro atoms. The molecule has 2 N–H and O–H groups in total. The summed E-state index contributed by atoms with van der Waals surface area (Å²) in [6.07, 6.45) is 2.12. The Balaban J connectivity index is 2.08. The number of hydrogen-bond donors (Lipinski definition) is 2. The second-order valence-electron chi connectivity index (χ2n) is 5.30. The molecule has 0 bridgehead atoms. The maximum absolute atomic E-state index is 12.2. The van der Waals surface area contributed by atoms with Crippen molar-refractivity contribution < 1.29 is 9.72 Å². The lowest BCUT2D eigenvalue weighted by atomic mass is 9.92. The Bertz CT molecular complexity index is 530. The van der Waals surface area contributed by atoms with E-state index in [1.54, 1.807) is 19.1 Å². The lowest BCUT2D eigenvalue weighted by Crippen LogP contribution is -2.48. The Labute approximate surface area is 117 Å². The van der Waals surface area contributed by atoms with Crippen LogP contribution in [-0.4, -0.2) is 23.4 Å². The molecule has 0 aliphatic carbocycles. The van der Waals surface area contributed by atoms with E-state index in [-0.39, 0.29) is 17.6 Å². The lowest BCUT2D eigenvalue weighted by molar-refractivity contribution is -0.385. The average molecular weight is 277 g/mol. The Morgan fingerprint density at radius 3 is 2.85 bits per heavy atom. The van der Waals surface area contributed by atoms with Crippen molar-refractivity contribution in [3.05, 3.63) is 33.9 Å². The summed E-state index contributed by atoms with van der Waals surface area (Å²) in [5, 5.41) is 16.8. The molecule has 1 aromatic carbocycles. The van der Waals surface area contributed by atoms with Gasteiger partial charge in [-0.25, -0.2) is 0 Å². The fourth-order valence-corrected chi connectivity index (χ4v) is 2.56. The van der Waals surface area contributed by atoms with Gasteiger partial charge in [0.05, 0.1) is 11.0 Å². The zero-order chi connectivity index (χ0) is 14.7. The summed E-state index contributed by atoms with van der Waals surface area (Å²) in [6.45, 7) is 4.56. The van der Waals surface area contributed by atoms with Gasteiger partial charge in [-0.2, -0.15) is 0 Å². The van der Waals surface area contributed by atoms with Gasteiger partial charge in [0.2, 0.25) is 5.91 Å². The molecule has 1 heterocycles. The first-order valence-corrected chi connectivity index (χ1v) is 6.78. The highest BCUT2D eigenvalue weighted by Gasteiger charge is 2.27. The van der Waals surface area contributed by atoms with Crippen molar-refractivity contribution >= 4 is 17.3 Å². The van der Waals surface area contributed by atoms with Crippen molar-refractivity contribution in [2.24, 2.45) is 5.92 Å². The number of piperidine rings is 1.